The minimum Gasteiger partial charge on any atom is -0.342 e. The summed E-state index contributed by atoms with van der Waals surface area (Å²) in [5.41, 5.74) is 2.50. The van der Waals surface area contributed by atoms with Gasteiger partial charge in [0.05, 0.1) is 17.9 Å². The molecule has 0 bridgehead atoms. The standard InChI is InChI=1S/C23H27N5O2S/c1-14-4-6-17(7-5-14)28-21-19(10-24-28)22(30)27-18(13-31-23(27)25-21)9-20(29)26-11-15(2)8-16(3)12-26/h4-7,10,15-16,18H,8-9,11-13H2,1-3H3. The number of carbonyl (C=O) groups is 1. The van der Waals surface area contributed by atoms with Gasteiger partial charge >= 0.3 is 0 Å². The van der Waals surface area contributed by atoms with E-state index >= 15 is 0 Å². The van der Waals surface area contributed by atoms with Gasteiger partial charge in [-0.2, -0.15) is 5.10 Å². The fourth-order valence-corrected chi connectivity index (χ4v) is 5.98. The Morgan fingerprint density at radius 3 is 2.58 bits per heavy atom. The number of aromatic nitrogens is 4. The van der Waals surface area contributed by atoms with Crippen LogP contribution < -0.4 is 5.56 Å². The quantitative estimate of drug-likeness (QED) is 0.587. The molecular weight excluding hydrogens is 410 g/mol. The first-order chi connectivity index (χ1) is 14.9. The van der Waals surface area contributed by atoms with Crippen molar-refractivity contribution in [3.63, 3.8) is 0 Å². The molecule has 31 heavy (non-hydrogen) atoms. The van der Waals surface area contributed by atoms with E-state index < -0.39 is 0 Å². The molecule has 162 valence electrons. The minimum atomic E-state index is -0.160. The van der Waals surface area contributed by atoms with Crippen molar-refractivity contribution >= 4 is 28.7 Å². The Morgan fingerprint density at radius 1 is 1.16 bits per heavy atom. The Balaban J connectivity index is 1.45. The second-order valence-corrected chi connectivity index (χ2v) is 10.1. The summed E-state index contributed by atoms with van der Waals surface area (Å²) < 4.78 is 3.43. The van der Waals surface area contributed by atoms with Crippen LogP contribution in [0, 0.1) is 18.8 Å². The van der Waals surface area contributed by atoms with Gasteiger partial charge in [-0.15, -0.1) is 0 Å². The highest BCUT2D eigenvalue weighted by atomic mass is 32.2. The third kappa shape index (κ3) is 3.67. The van der Waals surface area contributed by atoms with Crippen LogP contribution in [-0.4, -0.2) is 49.0 Å². The predicted molar refractivity (Wildman–Crippen MR) is 122 cm³/mol. The molecule has 0 spiro atoms. The number of benzene rings is 1. The van der Waals surface area contributed by atoms with Crippen LogP contribution in [0.3, 0.4) is 0 Å². The molecule has 0 N–H and O–H groups in total. The topological polar surface area (TPSA) is 73.0 Å². The molecule has 8 heteroatoms. The predicted octanol–water partition coefficient (Wildman–Crippen LogP) is 3.43. The van der Waals surface area contributed by atoms with Crippen LogP contribution >= 0.6 is 11.8 Å². The van der Waals surface area contributed by atoms with Crippen LogP contribution in [0.15, 0.2) is 40.4 Å². The monoisotopic (exact) mass is 437 g/mol. The van der Waals surface area contributed by atoms with Crippen molar-refractivity contribution in [1.29, 1.82) is 0 Å². The third-order valence-corrected chi connectivity index (χ3v) is 7.38. The SMILES string of the molecule is Cc1ccc(-n2ncc3c(=O)n4c(nc32)SCC4CC(=O)N2CC(C)CC(C)C2)cc1. The average Bonchev–Trinajstić information content (AvgIpc) is 3.33. The molecule has 0 aliphatic carbocycles. The van der Waals surface area contributed by atoms with Crippen LogP contribution in [0.1, 0.15) is 38.3 Å². The minimum absolute atomic E-state index is 0.110. The normalized spacial score (nSPS) is 23.3. The number of likely N-dealkylation sites (tertiary alicyclic amines) is 1. The smallest absolute Gasteiger partial charge is 0.265 e. The van der Waals surface area contributed by atoms with Gasteiger partial charge in [-0.3, -0.25) is 14.2 Å². The van der Waals surface area contributed by atoms with Gasteiger partial charge in [0.15, 0.2) is 10.8 Å². The third-order valence-electron chi connectivity index (χ3n) is 6.28. The van der Waals surface area contributed by atoms with Gasteiger partial charge in [0.2, 0.25) is 5.91 Å². The summed E-state index contributed by atoms with van der Waals surface area (Å²) in [7, 11) is 0. The number of carbonyl (C=O) groups excluding carboxylic acids is 1. The summed E-state index contributed by atoms with van der Waals surface area (Å²) in [6.45, 7) is 8.06. The molecule has 3 atom stereocenters. The fourth-order valence-electron chi connectivity index (χ4n) is 4.85. The lowest BCUT2D eigenvalue weighted by molar-refractivity contribution is -0.134. The first-order valence-corrected chi connectivity index (χ1v) is 11.9. The highest BCUT2D eigenvalue weighted by Crippen LogP contribution is 2.34. The largest absolute Gasteiger partial charge is 0.342 e. The molecule has 2 aliphatic heterocycles. The van der Waals surface area contributed by atoms with Crippen LogP contribution in [0.5, 0.6) is 0 Å². The second-order valence-electron chi connectivity index (χ2n) is 9.11. The number of hydrogen-bond acceptors (Lipinski definition) is 5. The van der Waals surface area contributed by atoms with Crippen molar-refractivity contribution in [3.05, 3.63) is 46.4 Å². The maximum atomic E-state index is 13.3. The summed E-state index contributed by atoms with van der Waals surface area (Å²) in [5.74, 6) is 1.88. The van der Waals surface area contributed by atoms with E-state index in [-0.39, 0.29) is 17.5 Å². The maximum Gasteiger partial charge on any atom is 0.265 e. The molecule has 1 fully saturated rings. The van der Waals surface area contributed by atoms with Gasteiger partial charge in [-0.1, -0.05) is 43.3 Å². The lowest BCUT2D eigenvalue weighted by Gasteiger charge is -2.35. The van der Waals surface area contributed by atoms with Gasteiger partial charge in [0.1, 0.15) is 5.39 Å². The molecule has 3 aromatic rings. The molecule has 4 heterocycles. The molecule has 0 saturated carbocycles. The van der Waals surface area contributed by atoms with E-state index in [1.54, 1.807) is 27.2 Å². The van der Waals surface area contributed by atoms with Crippen molar-refractivity contribution in [2.24, 2.45) is 11.8 Å². The van der Waals surface area contributed by atoms with E-state index in [1.165, 1.54) is 0 Å². The molecule has 5 rings (SSSR count). The van der Waals surface area contributed by atoms with Gasteiger partial charge < -0.3 is 4.90 Å². The number of hydrogen-bond donors (Lipinski definition) is 0. The highest BCUT2D eigenvalue weighted by Gasteiger charge is 2.32. The van der Waals surface area contributed by atoms with E-state index in [1.807, 2.05) is 36.1 Å². The molecule has 0 radical (unpaired) electrons. The zero-order valence-electron chi connectivity index (χ0n) is 18.1. The lowest BCUT2D eigenvalue weighted by atomic mass is 9.91. The van der Waals surface area contributed by atoms with Gasteiger partial charge in [0, 0.05) is 25.3 Å². The molecule has 3 unspecified atom stereocenters. The van der Waals surface area contributed by atoms with Gasteiger partial charge in [-0.05, 0) is 37.3 Å². The van der Waals surface area contributed by atoms with Gasteiger partial charge in [0.25, 0.3) is 5.56 Å². The Labute approximate surface area is 185 Å². The fraction of sp³-hybridized carbons (Fsp3) is 0.478. The highest BCUT2D eigenvalue weighted by molar-refractivity contribution is 7.99. The molecule has 2 aliphatic rings. The van der Waals surface area contributed by atoms with Crippen molar-refractivity contribution < 1.29 is 4.79 Å². The van der Waals surface area contributed by atoms with Crippen LogP contribution in [0.25, 0.3) is 16.7 Å². The Hall–Kier alpha value is -2.61. The molecular formula is C23H27N5O2S. The number of nitrogens with zero attached hydrogens (tertiary/aromatic N) is 5. The lowest BCUT2D eigenvalue weighted by Crippen LogP contribution is -2.43. The molecule has 2 aromatic heterocycles. The Kier molecular flexibility index (Phi) is 5.12. The number of piperidine rings is 1. The summed E-state index contributed by atoms with van der Waals surface area (Å²) in [6.07, 6.45) is 3.10. The molecule has 7 nitrogen and oxygen atoms in total. The number of thioether (sulfide) groups is 1. The summed E-state index contributed by atoms with van der Waals surface area (Å²) in [5, 5.41) is 5.59. The first kappa shape index (κ1) is 20.3. The first-order valence-electron chi connectivity index (χ1n) is 10.9. The second kappa shape index (κ2) is 7.82. The van der Waals surface area contributed by atoms with E-state index in [0.717, 1.165) is 30.8 Å². The van der Waals surface area contributed by atoms with Gasteiger partial charge in [-0.25, -0.2) is 9.67 Å². The summed E-state index contributed by atoms with van der Waals surface area (Å²) in [4.78, 5) is 33.1. The van der Waals surface area contributed by atoms with E-state index in [0.29, 0.717) is 40.2 Å². The number of amides is 1. The zero-order chi connectivity index (χ0) is 21.7. The van der Waals surface area contributed by atoms with E-state index in [2.05, 4.69) is 18.9 Å². The molecule has 1 amide bonds. The zero-order valence-corrected chi connectivity index (χ0v) is 18.9. The maximum absolute atomic E-state index is 13.3. The van der Waals surface area contributed by atoms with Crippen molar-refractivity contribution in [1.82, 2.24) is 24.2 Å². The molecule has 1 aromatic carbocycles. The van der Waals surface area contributed by atoms with E-state index in [4.69, 9.17) is 4.98 Å². The number of aryl methyl sites for hydroxylation is 1. The van der Waals surface area contributed by atoms with Crippen molar-refractivity contribution in [3.8, 4) is 5.69 Å². The number of fused-ring (bicyclic) bond motifs is 2. The van der Waals surface area contributed by atoms with E-state index in [9.17, 15) is 9.59 Å². The molecule has 1 saturated heterocycles. The van der Waals surface area contributed by atoms with Crippen LogP contribution in [0.2, 0.25) is 0 Å². The van der Waals surface area contributed by atoms with Crippen molar-refractivity contribution in [2.75, 3.05) is 18.8 Å². The van der Waals surface area contributed by atoms with Crippen LogP contribution in [-0.2, 0) is 4.79 Å². The summed E-state index contributed by atoms with van der Waals surface area (Å²) in [6, 6.07) is 7.82. The number of rotatable bonds is 3. The summed E-state index contributed by atoms with van der Waals surface area (Å²) >= 11 is 1.54. The van der Waals surface area contributed by atoms with Crippen molar-refractivity contribution in [2.45, 2.75) is 44.8 Å². The Morgan fingerprint density at radius 2 is 1.87 bits per heavy atom. The average molecular weight is 438 g/mol. The Bertz CT molecular complexity index is 1190. The van der Waals surface area contributed by atoms with Crippen LogP contribution in [0.4, 0.5) is 0 Å².